The monoisotopic (exact) mass is 792 g/mol. The van der Waals surface area contributed by atoms with Gasteiger partial charge in [0.05, 0.1) is 15.9 Å². The van der Waals surface area contributed by atoms with Gasteiger partial charge in [-0.1, -0.05) is 0 Å². The Morgan fingerprint density at radius 1 is 0.830 bits per heavy atom. The number of nitrogens with zero attached hydrogens (tertiary/aromatic N) is 5. The molecule has 3 amide bonds. The zero-order valence-electron chi connectivity index (χ0n) is 29.5. The van der Waals surface area contributed by atoms with Crippen LogP contribution in [0.15, 0.2) is 36.9 Å². The molecule has 0 aliphatic carbocycles. The van der Waals surface area contributed by atoms with E-state index in [0.717, 1.165) is 75.0 Å². The second-order valence-electron chi connectivity index (χ2n) is 13.5. The first-order chi connectivity index (χ1) is 25.2. The molecule has 14 nitrogen and oxygen atoms in total. The highest BCUT2D eigenvalue weighted by Gasteiger charge is 2.31. The van der Waals surface area contributed by atoms with E-state index >= 15 is 0 Å². The van der Waals surface area contributed by atoms with E-state index in [0.29, 0.717) is 35.5 Å². The van der Waals surface area contributed by atoms with Gasteiger partial charge < -0.3 is 36.0 Å². The summed E-state index contributed by atoms with van der Waals surface area (Å²) in [7, 11) is 0. The van der Waals surface area contributed by atoms with Crippen molar-refractivity contribution in [3.05, 3.63) is 68.2 Å². The summed E-state index contributed by atoms with van der Waals surface area (Å²) in [5, 5.41) is 35.4. The number of hydrogen-bond donors (Lipinski definition) is 3. The molecular formula is C35H36N8O6S4. The molecule has 276 valence electrons. The third kappa shape index (κ3) is 7.96. The lowest BCUT2D eigenvalue weighted by Gasteiger charge is -2.30. The largest absolute Gasteiger partial charge is 0.619 e. The summed E-state index contributed by atoms with van der Waals surface area (Å²) in [6, 6.07) is 3.52. The molecule has 0 saturated heterocycles. The first-order valence-corrected chi connectivity index (χ1v) is 20.0. The van der Waals surface area contributed by atoms with E-state index in [1.54, 1.807) is 39.7 Å². The summed E-state index contributed by atoms with van der Waals surface area (Å²) >= 11 is 6.09. The fourth-order valence-corrected chi connectivity index (χ4v) is 10.8. The average Bonchev–Trinajstić information content (AvgIpc) is 3.84. The van der Waals surface area contributed by atoms with Crippen molar-refractivity contribution in [1.29, 1.82) is 0 Å². The predicted molar refractivity (Wildman–Crippen MR) is 208 cm³/mol. The number of hydrogen-bond acceptors (Lipinski definition) is 13. The van der Waals surface area contributed by atoms with Crippen LogP contribution in [0.3, 0.4) is 0 Å². The fraction of sp³-hybridized carbons (Fsp3) is 0.343. The maximum Gasteiger partial charge on any atom is 0.410 e. The molecule has 6 aromatic rings. The van der Waals surface area contributed by atoms with Crippen molar-refractivity contribution >= 4 is 93.7 Å². The molecule has 0 fully saturated rings. The van der Waals surface area contributed by atoms with Crippen LogP contribution in [0.25, 0.3) is 41.6 Å². The summed E-state index contributed by atoms with van der Waals surface area (Å²) in [6.45, 7) is 11.2. The number of fused-ring (bicyclic) bond motifs is 4. The standard InChI is InChI=1S/C20H22N4O4S2.C15H14N4O2S2/c1-11(25)21-17-16(18-22-13-9-24(27)8-6-14(13)29-18)12-5-7-23(10-15(12)30-17)19(26)28-20(2,3)4;1-8(20)17-14-13(9-2-4-16-6-12(9)23-14)15-18-10-7-19(21)5-3-11(10)22-15/h6,8-9H,5,7,10H2,1-4H3,(H,21,25);3,5,7,16H,2,4,6H2,1H3,(H,17,20). The SMILES string of the molecule is CC(=O)Nc1sc2c(c1-c1nc3c[n+]([O-])ccc3s1)CCN(C(=O)OC(C)(C)C)C2.CC(=O)Nc1sc2c(c1-c1nc3c[n+]([O-])ccc3s1)CCNC2. The quantitative estimate of drug-likeness (QED) is 0.139. The topological polar surface area (TPSA) is 179 Å². The Kier molecular flexibility index (Phi) is 10.1. The van der Waals surface area contributed by atoms with Crippen molar-refractivity contribution in [1.82, 2.24) is 20.2 Å². The molecule has 8 rings (SSSR count). The maximum atomic E-state index is 12.5. The van der Waals surface area contributed by atoms with E-state index in [2.05, 4.69) is 25.9 Å². The van der Waals surface area contributed by atoms with E-state index in [1.807, 2.05) is 20.8 Å². The van der Waals surface area contributed by atoms with Crippen LogP contribution < -0.4 is 25.4 Å². The van der Waals surface area contributed by atoms with Gasteiger partial charge in [0.1, 0.15) is 36.7 Å². The normalized spacial score (nSPS) is 13.9. The first-order valence-electron chi connectivity index (χ1n) is 16.7. The van der Waals surface area contributed by atoms with Gasteiger partial charge in [-0.05, 0) is 51.3 Å². The molecule has 6 aromatic heterocycles. The summed E-state index contributed by atoms with van der Waals surface area (Å²) in [4.78, 5) is 49.1. The summed E-state index contributed by atoms with van der Waals surface area (Å²) < 4.78 is 8.86. The van der Waals surface area contributed by atoms with Gasteiger partial charge in [-0.25, -0.2) is 14.8 Å². The molecule has 8 heterocycles. The molecule has 2 aliphatic rings. The molecule has 3 N–H and O–H groups in total. The number of aromatic nitrogens is 4. The van der Waals surface area contributed by atoms with Crippen LogP contribution in [-0.2, 0) is 40.3 Å². The van der Waals surface area contributed by atoms with E-state index in [9.17, 15) is 24.8 Å². The molecular weight excluding hydrogens is 757 g/mol. The molecule has 0 atom stereocenters. The summed E-state index contributed by atoms with van der Waals surface area (Å²) in [5.41, 5.74) is 4.98. The van der Waals surface area contributed by atoms with Crippen molar-refractivity contribution in [2.75, 3.05) is 23.7 Å². The highest BCUT2D eigenvalue weighted by molar-refractivity contribution is 7.23. The van der Waals surface area contributed by atoms with Crippen molar-refractivity contribution in [3.8, 4) is 21.1 Å². The molecule has 0 radical (unpaired) electrons. The van der Waals surface area contributed by atoms with Gasteiger partial charge in [0, 0.05) is 60.0 Å². The number of nitrogens with one attached hydrogen (secondary N) is 3. The lowest BCUT2D eigenvalue weighted by molar-refractivity contribution is -0.604. The number of amides is 3. The van der Waals surface area contributed by atoms with Gasteiger partial charge in [0.2, 0.25) is 24.2 Å². The number of anilines is 2. The smallest absolute Gasteiger partial charge is 0.410 e. The van der Waals surface area contributed by atoms with Crippen molar-refractivity contribution in [2.45, 2.75) is 66.2 Å². The Balaban J connectivity index is 0.000000170. The van der Waals surface area contributed by atoms with Crippen LogP contribution in [-0.4, -0.2) is 51.5 Å². The second kappa shape index (κ2) is 14.6. The third-order valence-corrected chi connectivity index (χ3v) is 12.6. The highest BCUT2D eigenvalue weighted by Crippen LogP contribution is 2.46. The number of thiazole rings is 2. The number of carbonyl (C=O) groups excluding carboxylic acids is 3. The Morgan fingerprint density at radius 3 is 1.89 bits per heavy atom. The van der Waals surface area contributed by atoms with Crippen molar-refractivity contribution in [2.24, 2.45) is 0 Å². The number of ether oxygens (including phenoxy) is 1. The molecule has 2 aliphatic heterocycles. The molecule has 0 spiro atoms. The van der Waals surface area contributed by atoms with Gasteiger partial charge in [-0.15, -0.1) is 45.3 Å². The van der Waals surface area contributed by atoms with Gasteiger partial charge in [0.15, 0.2) is 12.4 Å². The fourth-order valence-electron chi connectivity index (χ4n) is 6.10. The molecule has 18 heteroatoms. The number of pyridine rings is 2. The molecule has 0 saturated carbocycles. The summed E-state index contributed by atoms with van der Waals surface area (Å²) in [6.07, 6.45) is 7.05. The predicted octanol–water partition coefficient (Wildman–Crippen LogP) is 6.17. The molecule has 0 aromatic carbocycles. The van der Waals surface area contributed by atoms with Gasteiger partial charge >= 0.3 is 6.09 Å². The number of thiophene rings is 2. The van der Waals surface area contributed by atoms with Crippen LogP contribution in [0.5, 0.6) is 0 Å². The summed E-state index contributed by atoms with van der Waals surface area (Å²) in [5.74, 6) is -0.256. The van der Waals surface area contributed by atoms with Crippen molar-refractivity contribution < 1.29 is 28.6 Å². The average molecular weight is 793 g/mol. The molecule has 0 unspecified atom stereocenters. The molecule has 0 bridgehead atoms. The number of rotatable bonds is 4. The Labute approximate surface area is 320 Å². The van der Waals surface area contributed by atoms with E-state index in [-0.39, 0.29) is 17.9 Å². The lowest BCUT2D eigenvalue weighted by Crippen LogP contribution is -2.39. The Bertz CT molecular complexity index is 2390. The van der Waals surface area contributed by atoms with E-state index in [1.165, 1.54) is 71.7 Å². The van der Waals surface area contributed by atoms with Crippen molar-refractivity contribution in [3.63, 3.8) is 0 Å². The van der Waals surface area contributed by atoms with Crippen LogP contribution in [0.4, 0.5) is 14.8 Å². The maximum absolute atomic E-state index is 12.5. The second-order valence-corrected chi connectivity index (χ2v) is 17.8. The highest BCUT2D eigenvalue weighted by atomic mass is 32.1. The lowest BCUT2D eigenvalue weighted by atomic mass is 10.0. The zero-order chi connectivity index (χ0) is 37.6. The third-order valence-electron chi connectivity index (χ3n) is 8.25. The minimum atomic E-state index is -0.557. The Morgan fingerprint density at radius 2 is 1.36 bits per heavy atom. The number of carbonyl (C=O) groups is 3. The van der Waals surface area contributed by atoms with Gasteiger partial charge in [-0.2, -0.15) is 9.46 Å². The van der Waals surface area contributed by atoms with Crippen LogP contribution in [0, 0.1) is 10.4 Å². The Hall–Kier alpha value is -4.75. The van der Waals surface area contributed by atoms with Gasteiger partial charge in [-0.3, -0.25) is 9.59 Å². The van der Waals surface area contributed by atoms with Crippen LogP contribution >= 0.6 is 45.3 Å². The van der Waals surface area contributed by atoms with E-state index in [4.69, 9.17) is 4.74 Å². The zero-order valence-corrected chi connectivity index (χ0v) is 32.8. The minimum absolute atomic E-state index is 0.0867. The minimum Gasteiger partial charge on any atom is -0.619 e. The first kappa shape index (κ1) is 36.6. The van der Waals surface area contributed by atoms with Crippen LogP contribution in [0.1, 0.15) is 55.5 Å². The molecule has 53 heavy (non-hydrogen) atoms. The van der Waals surface area contributed by atoms with Gasteiger partial charge in [0.25, 0.3) is 0 Å². The van der Waals surface area contributed by atoms with Crippen LogP contribution in [0.2, 0.25) is 0 Å². The van der Waals surface area contributed by atoms with E-state index < -0.39 is 5.60 Å².